The molecule has 186 valence electrons. The van der Waals surface area contributed by atoms with Crippen LogP contribution in [0.4, 0.5) is 17.6 Å². The van der Waals surface area contributed by atoms with Gasteiger partial charge in [0, 0.05) is 18.9 Å². The third-order valence-electron chi connectivity index (χ3n) is 6.37. The molecule has 0 saturated heterocycles. The van der Waals surface area contributed by atoms with E-state index in [4.69, 9.17) is 4.74 Å². The van der Waals surface area contributed by atoms with Crippen molar-refractivity contribution in [3.05, 3.63) is 75.5 Å². The second-order valence-corrected chi connectivity index (χ2v) is 8.52. The minimum atomic E-state index is -4.66. The second kappa shape index (κ2) is 8.63. The van der Waals surface area contributed by atoms with Crippen LogP contribution in [0.15, 0.2) is 52.3 Å². The molecule has 3 aromatic rings. The molecule has 0 saturated carbocycles. The van der Waals surface area contributed by atoms with Gasteiger partial charge in [0.2, 0.25) is 6.23 Å². The number of rotatable bonds is 4. The molecular formula is C24H20F4N5O3+. The number of aliphatic imine (C=N–C) groups is 1. The first-order valence-corrected chi connectivity index (χ1v) is 11.0. The highest BCUT2D eigenvalue weighted by Gasteiger charge is 2.57. The minimum absolute atomic E-state index is 0.0225. The van der Waals surface area contributed by atoms with Crippen LogP contribution in [-0.4, -0.2) is 69.4 Å². The number of fused-ring (bicyclic) bond motifs is 1. The van der Waals surface area contributed by atoms with Crippen LogP contribution in [0.3, 0.4) is 0 Å². The fourth-order valence-corrected chi connectivity index (χ4v) is 4.55. The minimum Gasteiger partial charge on any atom is -0.347 e. The van der Waals surface area contributed by atoms with E-state index in [1.54, 1.807) is 24.3 Å². The van der Waals surface area contributed by atoms with E-state index in [0.29, 0.717) is 22.0 Å². The van der Waals surface area contributed by atoms with E-state index in [-0.39, 0.29) is 29.9 Å². The summed E-state index contributed by atoms with van der Waals surface area (Å²) in [5.74, 6) is -2.54. The predicted molar refractivity (Wildman–Crippen MR) is 122 cm³/mol. The summed E-state index contributed by atoms with van der Waals surface area (Å²) in [6.45, 7) is 1.31. The zero-order valence-corrected chi connectivity index (χ0v) is 19.1. The summed E-state index contributed by atoms with van der Waals surface area (Å²) < 4.78 is 60.6. The molecule has 0 aliphatic carbocycles. The van der Waals surface area contributed by atoms with Crippen LogP contribution in [0.1, 0.15) is 28.5 Å². The number of nitrogens with one attached hydrogen (secondary N) is 1. The van der Waals surface area contributed by atoms with Gasteiger partial charge in [0.25, 0.3) is 17.3 Å². The highest BCUT2D eigenvalue weighted by atomic mass is 19.4. The molecular weight excluding hydrogens is 482 g/mol. The van der Waals surface area contributed by atoms with Crippen molar-refractivity contribution in [2.75, 3.05) is 13.7 Å². The van der Waals surface area contributed by atoms with Gasteiger partial charge >= 0.3 is 12.0 Å². The van der Waals surface area contributed by atoms with E-state index in [2.05, 4.69) is 15.2 Å². The number of carbonyl (C=O) groups excluding carboxylic acids is 1. The SMILES string of the molecule is COC1CN(C(=O)c2cc(Cc3n[nH]c(=O)c4ccccc34)ccc2F)C(C)C2=[N+]1C(C(F)(F)F)=N2. The molecule has 1 aromatic heterocycles. The quantitative estimate of drug-likeness (QED) is 0.439. The fourth-order valence-electron chi connectivity index (χ4n) is 4.55. The lowest BCUT2D eigenvalue weighted by Crippen LogP contribution is -2.64. The first-order valence-electron chi connectivity index (χ1n) is 11.0. The fraction of sp³-hybridized carbons (Fsp3) is 0.292. The average Bonchev–Trinajstić information content (AvgIpc) is 2.82. The van der Waals surface area contributed by atoms with Crippen molar-refractivity contribution in [2.45, 2.75) is 31.8 Å². The van der Waals surface area contributed by atoms with E-state index in [9.17, 15) is 27.2 Å². The zero-order chi connectivity index (χ0) is 25.8. The molecule has 0 radical (unpaired) electrons. The summed E-state index contributed by atoms with van der Waals surface area (Å²) in [5, 5.41) is 7.64. The largest absolute Gasteiger partial charge is 0.482 e. The number of carbonyl (C=O) groups is 1. The average molecular weight is 502 g/mol. The molecule has 8 nitrogen and oxygen atoms in total. The van der Waals surface area contributed by atoms with Gasteiger partial charge in [0.15, 0.2) is 0 Å². The van der Waals surface area contributed by atoms with Crippen LogP contribution in [0.5, 0.6) is 0 Å². The van der Waals surface area contributed by atoms with E-state index in [1.807, 2.05) is 0 Å². The Bertz CT molecular complexity index is 1510. The molecule has 0 bridgehead atoms. The molecule has 1 amide bonds. The van der Waals surface area contributed by atoms with E-state index < -0.39 is 36.0 Å². The van der Waals surface area contributed by atoms with Crippen molar-refractivity contribution in [3.63, 3.8) is 0 Å². The summed E-state index contributed by atoms with van der Waals surface area (Å²) >= 11 is 0. The maximum absolute atomic E-state index is 14.8. The zero-order valence-electron chi connectivity index (χ0n) is 19.1. The van der Waals surface area contributed by atoms with Gasteiger partial charge in [0.1, 0.15) is 11.9 Å². The number of amidine groups is 2. The van der Waals surface area contributed by atoms with Crippen molar-refractivity contribution in [3.8, 4) is 0 Å². The smallest absolute Gasteiger partial charge is 0.347 e. The maximum Gasteiger partial charge on any atom is 0.482 e. The highest BCUT2D eigenvalue weighted by molar-refractivity contribution is 6.08. The van der Waals surface area contributed by atoms with E-state index >= 15 is 0 Å². The molecule has 12 heteroatoms. The number of aromatic nitrogens is 2. The van der Waals surface area contributed by atoms with Gasteiger partial charge in [0.05, 0.1) is 23.2 Å². The third-order valence-corrected chi connectivity index (χ3v) is 6.37. The van der Waals surface area contributed by atoms with Crippen molar-refractivity contribution < 1.29 is 31.7 Å². The lowest BCUT2D eigenvalue weighted by atomic mass is 10.0. The first-order chi connectivity index (χ1) is 17.1. The van der Waals surface area contributed by atoms with Crippen LogP contribution in [0, 0.1) is 5.82 Å². The molecule has 2 unspecified atom stereocenters. The summed E-state index contributed by atoms with van der Waals surface area (Å²) in [6.07, 6.45) is -5.57. The Kier molecular flexibility index (Phi) is 5.70. The molecule has 2 aromatic carbocycles. The molecule has 2 aliphatic rings. The molecule has 0 spiro atoms. The van der Waals surface area contributed by atoms with Gasteiger partial charge in [-0.2, -0.15) is 22.8 Å². The number of aromatic amines is 1. The lowest BCUT2D eigenvalue weighted by Gasteiger charge is -2.40. The first kappa shape index (κ1) is 23.8. The van der Waals surface area contributed by atoms with Gasteiger partial charge in [-0.05, 0) is 30.7 Å². The predicted octanol–water partition coefficient (Wildman–Crippen LogP) is 2.86. The summed E-state index contributed by atoms with van der Waals surface area (Å²) in [4.78, 5) is 30.3. The standard InChI is InChI=1S/C24H19F4N5O3/c1-12-20-29-23(24(26,27)28)33(20)19(36-2)11-32(12)22(35)16-9-13(7-8-17(16)25)10-18-14-5-3-4-6-15(14)21(34)31-30-18/h3-9,12,19H,10-11H2,1-2H3/p+1. The number of halogens is 4. The number of hydrogen-bond acceptors (Lipinski definition) is 5. The van der Waals surface area contributed by atoms with Gasteiger partial charge in [-0.15, -0.1) is 0 Å². The molecule has 5 rings (SSSR count). The highest BCUT2D eigenvalue weighted by Crippen LogP contribution is 2.30. The van der Waals surface area contributed by atoms with Gasteiger partial charge in [-0.1, -0.05) is 29.3 Å². The Hall–Kier alpha value is -3.93. The summed E-state index contributed by atoms with van der Waals surface area (Å²) in [6, 6.07) is 10.1. The number of amides is 1. The molecule has 36 heavy (non-hydrogen) atoms. The van der Waals surface area contributed by atoms with Crippen molar-refractivity contribution >= 4 is 28.4 Å². The van der Waals surface area contributed by atoms with Gasteiger partial charge < -0.3 is 9.64 Å². The topological polar surface area (TPSA) is 90.7 Å². The van der Waals surface area contributed by atoms with Crippen molar-refractivity contribution in [2.24, 2.45) is 4.99 Å². The van der Waals surface area contributed by atoms with Crippen molar-refractivity contribution in [1.29, 1.82) is 0 Å². The number of methoxy groups -OCH3 is 1. The monoisotopic (exact) mass is 502 g/mol. The third kappa shape index (κ3) is 3.87. The van der Waals surface area contributed by atoms with E-state index in [0.717, 1.165) is 10.6 Å². The number of benzene rings is 2. The Morgan fingerprint density at radius 1 is 1.22 bits per heavy atom. The number of ether oxygens (including phenoxy) is 1. The molecule has 2 atom stereocenters. The molecule has 1 N–H and O–H groups in total. The Morgan fingerprint density at radius 2 is 1.94 bits per heavy atom. The van der Waals surface area contributed by atoms with Crippen molar-refractivity contribution in [1.82, 2.24) is 15.1 Å². The van der Waals surface area contributed by atoms with Crippen LogP contribution in [-0.2, 0) is 11.2 Å². The van der Waals surface area contributed by atoms with E-state index in [1.165, 1.54) is 31.1 Å². The maximum atomic E-state index is 14.8. The summed E-state index contributed by atoms with van der Waals surface area (Å²) in [5.41, 5.74) is 0.523. The molecule has 0 fully saturated rings. The Labute approximate surface area is 201 Å². The number of nitrogens with zero attached hydrogens (tertiary/aromatic N) is 4. The normalized spacial score (nSPS) is 19.7. The van der Waals surface area contributed by atoms with Gasteiger partial charge in [-0.25, -0.2) is 9.49 Å². The second-order valence-electron chi connectivity index (χ2n) is 8.52. The molecule has 2 aliphatic heterocycles. The van der Waals surface area contributed by atoms with Gasteiger partial charge in [-0.3, -0.25) is 9.59 Å². The number of alkyl halides is 3. The number of hydrogen-bond donors (Lipinski definition) is 1. The van der Waals surface area contributed by atoms with Crippen LogP contribution in [0.2, 0.25) is 0 Å². The summed E-state index contributed by atoms with van der Waals surface area (Å²) in [7, 11) is 1.23. The van der Waals surface area contributed by atoms with Crippen LogP contribution in [0.25, 0.3) is 10.8 Å². The van der Waals surface area contributed by atoms with Crippen LogP contribution < -0.4 is 5.56 Å². The van der Waals surface area contributed by atoms with Crippen LogP contribution >= 0.6 is 0 Å². The Morgan fingerprint density at radius 3 is 2.64 bits per heavy atom. The Balaban J connectivity index is 1.45. The lowest BCUT2D eigenvalue weighted by molar-refractivity contribution is -0.545. The number of H-pyrrole nitrogens is 1. The molecule has 3 heterocycles.